The summed E-state index contributed by atoms with van der Waals surface area (Å²) in [4.78, 5) is 38.3. The molecule has 0 bridgehead atoms. The van der Waals surface area contributed by atoms with Crippen molar-refractivity contribution in [2.45, 2.75) is 64.7 Å². The molecule has 1 aliphatic carbocycles. The van der Waals surface area contributed by atoms with E-state index in [1.165, 1.54) is 13.2 Å². The van der Waals surface area contributed by atoms with E-state index in [1.54, 1.807) is 41.5 Å². The Hall–Kier alpha value is -2.05. The van der Waals surface area contributed by atoms with Crippen LogP contribution >= 0.6 is 0 Å². The Morgan fingerprint density at radius 3 is 1.71 bits per heavy atom. The Labute approximate surface area is 142 Å². The van der Waals surface area contributed by atoms with E-state index in [0.717, 1.165) is 4.90 Å². The molecule has 0 saturated heterocycles. The third kappa shape index (κ3) is 4.27. The van der Waals surface area contributed by atoms with Gasteiger partial charge in [0.1, 0.15) is 11.2 Å². The largest absolute Gasteiger partial charge is 0.467 e. The Morgan fingerprint density at radius 1 is 1.04 bits per heavy atom. The van der Waals surface area contributed by atoms with Crippen LogP contribution in [0.15, 0.2) is 12.7 Å². The van der Waals surface area contributed by atoms with Crippen molar-refractivity contribution in [3.63, 3.8) is 0 Å². The van der Waals surface area contributed by atoms with Crippen LogP contribution in [0.3, 0.4) is 0 Å². The summed E-state index contributed by atoms with van der Waals surface area (Å²) in [5, 5.41) is 0. The Morgan fingerprint density at radius 2 is 1.46 bits per heavy atom. The van der Waals surface area contributed by atoms with Gasteiger partial charge in [0, 0.05) is 5.92 Å². The Kier molecular flexibility index (Phi) is 5.38. The lowest BCUT2D eigenvalue weighted by atomic mass is 10.1. The average Bonchev–Trinajstić information content (AvgIpc) is 3.08. The average molecular weight is 341 g/mol. The van der Waals surface area contributed by atoms with Gasteiger partial charge < -0.3 is 14.2 Å². The Balaban J connectivity index is 3.27. The maximum Gasteiger partial charge on any atom is 0.420 e. The molecule has 0 spiro atoms. The molecular weight excluding hydrogens is 314 g/mol. The van der Waals surface area contributed by atoms with Gasteiger partial charge in [0.15, 0.2) is 5.54 Å². The molecule has 0 aromatic heterocycles. The lowest BCUT2D eigenvalue weighted by Crippen LogP contribution is -2.55. The fourth-order valence-electron chi connectivity index (χ4n) is 2.33. The van der Waals surface area contributed by atoms with Crippen LogP contribution in [0.5, 0.6) is 0 Å². The smallest absolute Gasteiger partial charge is 0.420 e. The predicted molar refractivity (Wildman–Crippen MR) is 87.4 cm³/mol. The highest BCUT2D eigenvalue weighted by atomic mass is 16.6. The van der Waals surface area contributed by atoms with E-state index in [1.807, 2.05) is 0 Å². The summed E-state index contributed by atoms with van der Waals surface area (Å²) >= 11 is 0. The number of rotatable bonds is 3. The number of methoxy groups -OCH3 is 1. The number of nitrogens with zero attached hydrogens (tertiary/aromatic N) is 1. The van der Waals surface area contributed by atoms with E-state index < -0.39 is 40.8 Å². The summed E-state index contributed by atoms with van der Waals surface area (Å²) in [5.41, 5.74) is -3.15. The lowest BCUT2D eigenvalue weighted by molar-refractivity contribution is -0.149. The third-order valence-electron chi connectivity index (χ3n) is 3.36. The van der Waals surface area contributed by atoms with Crippen LogP contribution in [0, 0.1) is 5.92 Å². The number of hydrogen-bond donors (Lipinski definition) is 0. The number of esters is 1. The summed E-state index contributed by atoms with van der Waals surface area (Å²) in [6.45, 7) is 13.7. The van der Waals surface area contributed by atoms with Crippen molar-refractivity contribution >= 4 is 18.2 Å². The molecule has 7 nitrogen and oxygen atoms in total. The molecule has 0 aromatic rings. The van der Waals surface area contributed by atoms with Gasteiger partial charge in [-0.1, -0.05) is 6.08 Å². The van der Waals surface area contributed by atoms with Gasteiger partial charge in [-0.05, 0) is 48.0 Å². The van der Waals surface area contributed by atoms with Gasteiger partial charge in [-0.2, -0.15) is 4.90 Å². The van der Waals surface area contributed by atoms with E-state index in [2.05, 4.69) is 6.58 Å². The number of imide groups is 1. The minimum Gasteiger partial charge on any atom is -0.467 e. The highest BCUT2D eigenvalue weighted by Gasteiger charge is 2.68. The summed E-state index contributed by atoms with van der Waals surface area (Å²) in [7, 11) is 1.20. The first-order valence-corrected chi connectivity index (χ1v) is 7.75. The Bertz CT molecular complexity index is 514. The molecule has 0 unspecified atom stereocenters. The van der Waals surface area contributed by atoms with Crippen molar-refractivity contribution in [1.29, 1.82) is 0 Å². The van der Waals surface area contributed by atoms with Crippen molar-refractivity contribution in [1.82, 2.24) is 4.90 Å². The topological polar surface area (TPSA) is 82.1 Å². The molecule has 1 fully saturated rings. The van der Waals surface area contributed by atoms with E-state index in [9.17, 15) is 14.4 Å². The first-order valence-electron chi connectivity index (χ1n) is 7.75. The maximum atomic E-state index is 12.6. The normalized spacial score (nSPS) is 23.0. The zero-order valence-electron chi connectivity index (χ0n) is 15.5. The molecular formula is C17H27NO6. The number of carbonyl (C=O) groups excluding carboxylic acids is 3. The van der Waals surface area contributed by atoms with E-state index >= 15 is 0 Å². The molecule has 136 valence electrons. The highest BCUT2D eigenvalue weighted by Crippen LogP contribution is 2.51. The van der Waals surface area contributed by atoms with Crippen LogP contribution in [0.25, 0.3) is 0 Å². The molecule has 2 amide bonds. The fraction of sp³-hybridized carbons (Fsp3) is 0.706. The van der Waals surface area contributed by atoms with Gasteiger partial charge >= 0.3 is 18.2 Å². The SMILES string of the molecule is C=C[C@@H]1C[C@@]1(C(=O)OC)N(C(=O)OC(C)(C)C)C(=O)OC(C)(C)C. The van der Waals surface area contributed by atoms with Crippen LogP contribution in [-0.4, -0.2) is 46.9 Å². The molecule has 1 saturated carbocycles. The van der Waals surface area contributed by atoms with Crippen molar-refractivity contribution in [2.75, 3.05) is 7.11 Å². The van der Waals surface area contributed by atoms with Gasteiger partial charge in [-0.15, -0.1) is 6.58 Å². The van der Waals surface area contributed by atoms with Crippen LogP contribution in [-0.2, 0) is 19.0 Å². The third-order valence-corrected chi connectivity index (χ3v) is 3.36. The minimum absolute atomic E-state index is 0.224. The van der Waals surface area contributed by atoms with Crippen LogP contribution in [0.1, 0.15) is 48.0 Å². The molecule has 1 rings (SSSR count). The zero-order valence-corrected chi connectivity index (χ0v) is 15.5. The maximum absolute atomic E-state index is 12.6. The molecule has 1 aliphatic rings. The second kappa shape index (κ2) is 6.45. The number of hydrogen-bond acceptors (Lipinski definition) is 6. The second-order valence-electron chi connectivity index (χ2n) is 7.76. The standard InChI is InChI=1S/C17H27NO6/c1-9-11-10-17(11,12(19)22-8)18(13(20)23-15(2,3)4)14(21)24-16(5,6)7/h9,11H,1,10H2,2-8H3/t11-,17-/m1/s1. The monoisotopic (exact) mass is 341 g/mol. The number of carbonyl (C=O) groups is 3. The molecule has 0 aliphatic heterocycles. The number of amides is 2. The van der Waals surface area contributed by atoms with Crippen LogP contribution in [0.4, 0.5) is 9.59 Å². The predicted octanol–water partition coefficient (Wildman–Crippen LogP) is 3.28. The van der Waals surface area contributed by atoms with Gasteiger partial charge in [0.05, 0.1) is 7.11 Å². The lowest BCUT2D eigenvalue weighted by Gasteiger charge is -2.32. The zero-order chi connectivity index (χ0) is 18.9. The van der Waals surface area contributed by atoms with E-state index in [0.29, 0.717) is 0 Å². The highest BCUT2D eigenvalue weighted by molar-refractivity contribution is 5.99. The van der Waals surface area contributed by atoms with E-state index in [-0.39, 0.29) is 6.42 Å². The van der Waals surface area contributed by atoms with Crippen LogP contribution in [0.2, 0.25) is 0 Å². The van der Waals surface area contributed by atoms with Gasteiger partial charge in [0.25, 0.3) is 0 Å². The number of ether oxygens (including phenoxy) is 3. The molecule has 0 N–H and O–H groups in total. The van der Waals surface area contributed by atoms with Crippen molar-refractivity contribution in [3.05, 3.63) is 12.7 Å². The minimum atomic E-state index is -1.47. The molecule has 0 radical (unpaired) electrons. The molecule has 24 heavy (non-hydrogen) atoms. The van der Waals surface area contributed by atoms with Crippen molar-refractivity contribution in [3.8, 4) is 0 Å². The first kappa shape index (κ1) is 20.0. The summed E-state index contributed by atoms with van der Waals surface area (Å²) in [6.07, 6.45) is -0.168. The van der Waals surface area contributed by atoms with E-state index in [4.69, 9.17) is 14.2 Å². The van der Waals surface area contributed by atoms with Crippen LogP contribution < -0.4 is 0 Å². The molecule has 0 heterocycles. The van der Waals surface area contributed by atoms with Gasteiger partial charge in [-0.25, -0.2) is 14.4 Å². The second-order valence-corrected chi connectivity index (χ2v) is 7.76. The van der Waals surface area contributed by atoms with Gasteiger partial charge in [0.2, 0.25) is 0 Å². The molecule has 0 aromatic carbocycles. The fourth-order valence-corrected chi connectivity index (χ4v) is 2.33. The summed E-state index contributed by atoms with van der Waals surface area (Å²) in [5.74, 6) is -1.12. The molecule has 7 heteroatoms. The van der Waals surface area contributed by atoms with Crippen molar-refractivity contribution in [2.24, 2.45) is 5.92 Å². The van der Waals surface area contributed by atoms with Crippen molar-refractivity contribution < 1.29 is 28.6 Å². The molecule has 2 atom stereocenters. The quantitative estimate of drug-likeness (QED) is 0.445. The van der Waals surface area contributed by atoms with Gasteiger partial charge in [-0.3, -0.25) is 0 Å². The first-order chi connectivity index (χ1) is 10.8. The summed E-state index contributed by atoms with van der Waals surface area (Å²) < 4.78 is 15.4. The summed E-state index contributed by atoms with van der Waals surface area (Å²) in [6, 6.07) is 0.